The lowest BCUT2D eigenvalue weighted by atomic mass is 10.1. The van der Waals surface area contributed by atoms with Gasteiger partial charge in [0.1, 0.15) is 18.3 Å². The van der Waals surface area contributed by atoms with E-state index in [2.05, 4.69) is 33.9 Å². The van der Waals surface area contributed by atoms with E-state index >= 15 is 0 Å². The molecule has 3 atom stereocenters. The van der Waals surface area contributed by atoms with E-state index in [-0.39, 0.29) is 11.1 Å². The highest BCUT2D eigenvalue weighted by atomic mass is 32.2. The van der Waals surface area contributed by atoms with Gasteiger partial charge >= 0.3 is 0 Å². The van der Waals surface area contributed by atoms with Crippen LogP contribution in [0.25, 0.3) is 0 Å². The number of hydrogen-bond acceptors (Lipinski definition) is 6. The van der Waals surface area contributed by atoms with Gasteiger partial charge in [0.25, 0.3) is 10.1 Å². The predicted octanol–water partition coefficient (Wildman–Crippen LogP) is 2.81. The zero-order valence-electron chi connectivity index (χ0n) is 15.9. The number of hydrogen-bond donors (Lipinski definition) is 0. The summed E-state index contributed by atoms with van der Waals surface area (Å²) in [6, 6.07) is 0. The summed E-state index contributed by atoms with van der Waals surface area (Å²) in [5.41, 5.74) is 0.893. The van der Waals surface area contributed by atoms with E-state index in [9.17, 15) is 8.42 Å². The zero-order chi connectivity index (χ0) is 18.6. The normalized spacial score (nSPS) is 30.3. The van der Waals surface area contributed by atoms with Gasteiger partial charge in [0, 0.05) is 0 Å². The standard InChI is InChI=1S/C16H30O6SSi/c1-15(2,3)24(7,8)19-10-11-9-12(22-23(6,17)18)14-13(11)20-16(4,5)21-14/h9,12-14H,10H2,1-8H3. The molecule has 0 N–H and O–H groups in total. The molecule has 0 bridgehead atoms. The molecule has 0 aromatic rings. The van der Waals surface area contributed by atoms with Gasteiger partial charge in [-0.15, -0.1) is 0 Å². The van der Waals surface area contributed by atoms with Crippen molar-refractivity contribution in [1.29, 1.82) is 0 Å². The largest absolute Gasteiger partial charge is 0.413 e. The molecular weight excluding hydrogens is 348 g/mol. The summed E-state index contributed by atoms with van der Waals surface area (Å²) >= 11 is 0. The van der Waals surface area contributed by atoms with Crippen LogP contribution in [-0.4, -0.2) is 53.7 Å². The Balaban J connectivity index is 2.17. The molecule has 2 rings (SSSR count). The summed E-state index contributed by atoms with van der Waals surface area (Å²) < 4.78 is 46.3. The van der Waals surface area contributed by atoms with Crippen LogP contribution in [0.15, 0.2) is 11.6 Å². The van der Waals surface area contributed by atoms with Crippen molar-refractivity contribution in [3.8, 4) is 0 Å². The minimum Gasteiger partial charge on any atom is -0.413 e. The Labute approximate surface area is 146 Å². The molecule has 6 nitrogen and oxygen atoms in total. The van der Waals surface area contributed by atoms with Crippen LogP contribution in [0.3, 0.4) is 0 Å². The summed E-state index contributed by atoms with van der Waals surface area (Å²) in [6.45, 7) is 14.9. The second-order valence-electron chi connectivity index (χ2n) is 8.58. The Morgan fingerprint density at radius 1 is 1.25 bits per heavy atom. The third kappa shape index (κ3) is 4.47. The first-order valence-corrected chi connectivity index (χ1v) is 12.9. The van der Waals surface area contributed by atoms with Crippen molar-refractivity contribution in [3.63, 3.8) is 0 Å². The van der Waals surface area contributed by atoms with Gasteiger partial charge in [-0.1, -0.05) is 20.8 Å². The van der Waals surface area contributed by atoms with Gasteiger partial charge < -0.3 is 13.9 Å². The van der Waals surface area contributed by atoms with E-state index in [0.29, 0.717) is 6.61 Å². The predicted molar refractivity (Wildman–Crippen MR) is 94.8 cm³/mol. The van der Waals surface area contributed by atoms with Gasteiger partial charge in [-0.2, -0.15) is 8.42 Å². The molecule has 0 spiro atoms. The Morgan fingerprint density at radius 2 is 1.83 bits per heavy atom. The van der Waals surface area contributed by atoms with Crippen molar-refractivity contribution < 1.29 is 26.5 Å². The maximum atomic E-state index is 11.5. The summed E-state index contributed by atoms with van der Waals surface area (Å²) in [4.78, 5) is 0. The SMILES string of the molecule is CC1(C)OC2C(CO[Si](C)(C)C(C)(C)C)=CC(OS(C)(=O)=O)C2O1. The fourth-order valence-corrected chi connectivity index (χ4v) is 4.14. The maximum absolute atomic E-state index is 11.5. The van der Waals surface area contributed by atoms with Crippen LogP contribution in [0.4, 0.5) is 0 Å². The molecule has 140 valence electrons. The molecule has 3 unspecified atom stereocenters. The van der Waals surface area contributed by atoms with Crippen LogP contribution >= 0.6 is 0 Å². The van der Waals surface area contributed by atoms with E-state index in [1.165, 1.54) is 0 Å². The first-order chi connectivity index (χ1) is 10.6. The van der Waals surface area contributed by atoms with Crippen molar-refractivity contribution in [1.82, 2.24) is 0 Å². The van der Waals surface area contributed by atoms with Gasteiger partial charge in [-0.05, 0) is 43.6 Å². The summed E-state index contributed by atoms with van der Waals surface area (Å²) in [5, 5.41) is 0.0977. The summed E-state index contributed by atoms with van der Waals surface area (Å²) in [7, 11) is -5.50. The third-order valence-electron chi connectivity index (χ3n) is 4.89. The average molecular weight is 379 g/mol. The molecule has 24 heavy (non-hydrogen) atoms. The third-order valence-corrected chi connectivity index (χ3v) is 9.94. The molecule has 1 aliphatic heterocycles. The van der Waals surface area contributed by atoms with E-state index in [0.717, 1.165) is 11.8 Å². The first kappa shape index (κ1) is 20.1. The van der Waals surface area contributed by atoms with E-state index in [1.807, 2.05) is 13.8 Å². The molecule has 0 amide bonds. The Bertz CT molecular complexity index is 617. The monoisotopic (exact) mass is 378 g/mol. The van der Waals surface area contributed by atoms with Crippen LogP contribution in [-0.2, 0) is 28.2 Å². The maximum Gasteiger partial charge on any atom is 0.265 e. The Morgan fingerprint density at radius 3 is 2.33 bits per heavy atom. The molecule has 1 aliphatic carbocycles. The highest BCUT2D eigenvalue weighted by Crippen LogP contribution is 2.42. The lowest BCUT2D eigenvalue weighted by Crippen LogP contribution is -2.42. The van der Waals surface area contributed by atoms with Crippen LogP contribution in [0.2, 0.25) is 18.1 Å². The van der Waals surface area contributed by atoms with Crippen molar-refractivity contribution in [2.75, 3.05) is 12.9 Å². The second-order valence-corrected chi connectivity index (χ2v) is 15.0. The van der Waals surface area contributed by atoms with E-state index in [4.69, 9.17) is 18.1 Å². The molecule has 1 saturated heterocycles. The van der Waals surface area contributed by atoms with Crippen molar-refractivity contribution in [2.45, 2.75) is 76.8 Å². The van der Waals surface area contributed by atoms with Gasteiger partial charge in [-0.3, -0.25) is 4.18 Å². The van der Waals surface area contributed by atoms with Gasteiger partial charge in [0.15, 0.2) is 14.1 Å². The lowest BCUT2D eigenvalue weighted by molar-refractivity contribution is -0.151. The first-order valence-electron chi connectivity index (χ1n) is 8.20. The molecule has 1 heterocycles. The topological polar surface area (TPSA) is 71.1 Å². The van der Waals surface area contributed by atoms with Crippen LogP contribution < -0.4 is 0 Å². The smallest absolute Gasteiger partial charge is 0.265 e. The Hall–Kier alpha value is -0.253. The number of rotatable bonds is 5. The summed E-state index contributed by atoms with van der Waals surface area (Å²) in [5.74, 6) is -0.773. The minimum atomic E-state index is -3.59. The van der Waals surface area contributed by atoms with Gasteiger partial charge in [0.2, 0.25) is 0 Å². The molecule has 0 radical (unpaired) electrons. The second kappa shape index (κ2) is 6.17. The van der Waals surface area contributed by atoms with Gasteiger partial charge in [0.05, 0.1) is 12.9 Å². The number of ether oxygens (including phenoxy) is 2. The van der Waals surface area contributed by atoms with Crippen LogP contribution in [0.5, 0.6) is 0 Å². The van der Waals surface area contributed by atoms with Crippen LogP contribution in [0, 0.1) is 0 Å². The molecule has 1 fully saturated rings. The van der Waals surface area contributed by atoms with E-state index < -0.39 is 36.4 Å². The van der Waals surface area contributed by atoms with E-state index in [1.54, 1.807) is 6.08 Å². The van der Waals surface area contributed by atoms with Crippen LogP contribution in [0.1, 0.15) is 34.6 Å². The van der Waals surface area contributed by atoms with Crippen molar-refractivity contribution in [3.05, 3.63) is 11.6 Å². The fraction of sp³-hybridized carbons (Fsp3) is 0.875. The molecule has 2 aliphatic rings. The summed E-state index contributed by atoms with van der Waals surface area (Å²) in [6.07, 6.45) is 1.34. The highest BCUT2D eigenvalue weighted by molar-refractivity contribution is 7.86. The average Bonchev–Trinajstić information content (AvgIpc) is 2.79. The number of fused-ring (bicyclic) bond motifs is 1. The molecule has 0 saturated carbocycles. The minimum absolute atomic E-state index is 0.0977. The molecule has 0 aromatic carbocycles. The molecule has 0 aromatic heterocycles. The van der Waals surface area contributed by atoms with Crippen molar-refractivity contribution in [2.24, 2.45) is 0 Å². The molecule has 8 heteroatoms. The van der Waals surface area contributed by atoms with Gasteiger partial charge in [-0.25, -0.2) is 0 Å². The fourth-order valence-electron chi connectivity index (χ4n) is 2.61. The zero-order valence-corrected chi connectivity index (χ0v) is 17.7. The quantitative estimate of drug-likeness (QED) is 0.416. The highest BCUT2D eigenvalue weighted by Gasteiger charge is 2.51. The van der Waals surface area contributed by atoms with Crippen molar-refractivity contribution >= 4 is 18.4 Å². The Kier molecular flexibility index (Phi) is 5.16. The molecular formula is C16H30O6SSi. The lowest BCUT2D eigenvalue weighted by Gasteiger charge is -2.36.